The number of para-hydroxylation sites is 2. The van der Waals surface area contributed by atoms with Crippen LogP contribution in [0.2, 0.25) is 0 Å². The van der Waals surface area contributed by atoms with Crippen LogP contribution in [-0.2, 0) is 0 Å². The summed E-state index contributed by atoms with van der Waals surface area (Å²) >= 11 is 0. The van der Waals surface area contributed by atoms with Gasteiger partial charge in [-0.05, 0) is 58.1 Å². The highest BCUT2D eigenvalue weighted by atomic mass is 16.3. The highest BCUT2D eigenvalue weighted by Crippen LogP contribution is 2.46. The zero-order valence-electron chi connectivity index (χ0n) is 34.1. The summed E-state index contributed by atoms with van der Waals surface area (Å²) in [6, 6.07) is 78.5. The van der Waals surface area contributed by atoms with Crippen LogP contribution in [-0.4, -0.2) is 15.0 Å². The van der Waals surface area contributed by atoms with Gasteiger partial charge in [0.1, 0.15) is 11.2 Å². The van der Waals surface area contributed by atoms with Crippen LogP contribution in [0.5, 0.6) is 0 Å². The molecule has 0 N–H and O–H groups in total. The lowest BCUT2D eigenvalue weighted by Gasteiger charge is -2.16. The lowest BCUT2D eigenvalue weighted by Crippen LogP contribution is -1.96. The third-order valence-corrected chi connectivity index (χ3v) is 12.1. The van der Waals surface area contributed by atoms with E-state index in [1.54, 1.807) is 0 Å². The number of hydrogen-bond donors (Lipinski definition) is 0. The Morgan fingerprint density at radius 3 is 1.51 bits per heavy atom. The van der Waals surface area contributed by atoms with Gasteiger partial charge in [-0.2, -0.15) is 0 Å². The molecule has 4 nitrogen and oxygen atoms in total. The topological polar surface area (TPSA) is 51.8 Å². The van der Waals surface area contributed by atoms with E-state index in [1.165, 1.54) is 10.9 Å². The minimum absolute atomic E-state index is 0.688. The molecule has 4 heteroatoms. The van der Waals surface area contributed by atoms with Crippen molar-refractivity contribution in [3.05, 3.63) is 224 Å². The Kier molecular flexibility index (Phi) is 8.79. The molecular weight excluding hydrogens is 767 g/mol. The van der Waals surface area contributed by atoms with E-state index < -0.39 is 0 Å². The van der Waals surface area contributed by atoms with Crippen molar-refractivity contribution in [2.24, 2.45) is 0 Å². The summed E-state index contributed by atoms with van der Waals surface area (Å²) in [7, 11) is 0. The molecule has 9 aromatic carbocycles. The molecule has 0 unspecified atom stereocenters. The average molecular weight is 804 g/mol. The van der Waals surface area contributed by atoms with Crippen LogP contribution >= 0.6 is 0 Å². The summed E-state index contributed by atoms with van der Waals surface area (Å²) < 4.78 is 6.62. The molecule has 0 atom stereocenters. The second-order valence-electron chi connectivity index (χ2n) is 15.9. The molecule has 0 bridgehead atoms. The van der Waals surface area contributed by atoms with Crippen molar-refractivity contribution in [3.63, 3.8) is 0 Å². The van der Waals surface area contributed by atoms with Crippen molar-refractivity contribution in [1.82, 2.24) is 15.0 Å². The predicted octanol–water partition coefficient (Wildman–Crippen LogP) is 15.7. The minimum atomic E-state index is 0.688. The van der Waals surface area contributed by atoms with E-state index in [1.807, 2.05) is 30.3 Å². The van der Waals surface area contributed by atoms with Crippen molar-refractivity contribution >= 4 is 43.6 Å². The van der Waals surface area contributed by atoms with Crippen LogP contribution in [0.4, 0.5) is 0 Å². The number of pyridine rings is 1. The largest absolute Gasteiger partial charge is 0.456 e. The number of furan rings is 1. The van der Waals surface area contributed by atoms with Gasteiger partial charge in [0.25, 0.3) is 0 Å². The summed E-state index contributed by atoms with van der Waals surface area (Å²) in [6.07, 6.45) is 0. The standard InChI is InChI=1S/C59H37N3O/c1-4-15-38(16-5-1)39-29-33-44(34-30-39)59-61-51(41-17-6-2-7-18-41)37-52(62-59)42-31-27-40(28-32-42)45-21-14-22-46(35-45)58-49-36-54-57(48-24-11-13-26-53(48)63-54)55(43-19-8-3-9-20-43)56(49)47-23-10-12-25-50(47)60-58/h1-37H. The van der Waals surface area contributed by atoms with E-state index in [0.29, 0.717) is 5.82 Å². The van der Waals surface area contributed by atoms with Crippen molar-refractivity contribution in [3.8, 4) is 78.5 Å². The average Bonchev–Trinajstić information content (AvgIpc) is 3.74. The first-order valence-electron chi connectivity index (χ1n) is 21.3. The Morgan fingerprint density at radius 2 is 0.794 bits per heavy atom. The summed E-state index contributed by atoms with van der Waals surface area (Å²) in [4.78, 5) is 15.6. The monoisotopic (exact) mass is 803 g/mol. The zero-order valence-corrected chi connectivity index (χ0v) is 34.1. The van der Waals surface area contributed by atoms with Crippen LogP contribution in [0.15, 0.2) is 229 Å². The van der Waals surface area contributed by atoms with E-state index in [9.17, 15) is 0 Å². The zero-order chi connectivity index (χ0) is 41.7. The molecule has 3 aromatic heterocycles. The highest BCUT2D eigenvalue weighted by molar-refractivity contribution is 6.27. The lowest BCUT2D eigenvalue weighted by molar-refractivity contribution is 0.669. The smallest absolute Gasteiger partial charge is 0.160 e. The molecule has 0 saturated heterocycles. The number of rotatable bonds is 7. The number of fused-ring (bicyclic) bond motifs is 6. The van der Waals surface area contributed by atoms with Gasteiger partial charge < -0.3 is 4.42 Å². The highest BCUT2D eigenvalue weighted by Gasteiger charge is 2.22. The molecule has 0 saturated carbocycles. The predicted molar refractivity (Wildman–Crippen MR) is 260 cm³/mol. The van der Waals surface area contributed by atoms with Crippen LogP contribution in [0.1, 0.15) is 0 Å². The fraction of sp³-hybridized carbons (Fsp3) is 0. The molecule has 0 aliphatic rings. The molecule has 0 radical (unpaired) electrons. The van der Waals surface area contributed by atoms with Gasteiger partial charge in [-0.15, -0.1) is 0 Å². The van der Waals surface area contributed by atoms with E-state index in [4.69, 9.17) is 19.4 Å². The molecule has 12 aromatic rings. The summed E-state index contributed by atoms with van der Waals surface area (Å²) in [5.41, 5.74) is 16.2. The van der Waals surface area contributed by atoms with Crippen molar-refractivity contribution < 1.29 is 4.42 Å². The third-order valence-electron chi connectivity index (χ3n) is 12.1. The van der Waals surface area contributed by atoms with Gasteiger partial charge in [0.05, 0.1) is 22.6 Å². The Hall–Kier alpha value is -8.47. The number of aromatic nitrogens is 3. The fourth-order valence-corrected chi connectivity index (χ4v) is 9.03. The van der Waals surface area contributed by atoms with Gasteiger partial charge in [-0.1, -0.05) is 194 Å². The van der Waals surface area contributed by atoms with Crippen molar-refractivity contribution in [2.45, 2.75) is 0 Å². The van der Waals surface area contributed by atoms with E-state index in [-0.39, 0.29) is 0 Å². The number of hydrogen-bond acceptors (Lipinski definition) is 4. The number of nitrogens with zero attached hydrogens (tertiary/aromatic N) is 3. The third kappa shape index (κ3) is 6.53. The first-order valence-corrected chi connectivity index (χ1v) is 21.3. The van der Waals surface area contributed by atoms with Crippen LogP contribution in [0.25, 0.3) is 122 Å². The first kappa shape index (κ1) is 36.4. The van der Waals surface area contributed by atoms with Crippen molar-refractivity contribution in [1.29, 1.82) is 0 Å². The molecule has 0 aliphatic carbocycles. The quantitative estimate of drug-likeness (QED) is 0.151. The maximum atomic E-state index is 6.62. The maximum absolute atomic E-state index is 6.62. The Labute approximate surface area is 364 Å². The van der Waals surface area contributed by atoms with Gasteiger partial charge in [0.2, 0.25) is 0 Å². The Morgan fingerprint density at radius 1 is 0.286 bits per heavy atom. The Bertz CT molecular complexity index is 3640. The summed E-state index contributed by atoms with van der Waals surface area (Å²) in [5.74, 6) is 0.688. The Balaban J connectivity index is 0.964. The van der Waals surface area contributed by atoms with Gasteiger partial charge in [0.15, 0.2) is 5.82 Å². The van der Waals surface area contributed by atoms with Crippen LogP contribution < -0.4 is 0 Å². The number of benzene rings is 9. The van der Waals surface area contributed by atoms with E-state index >= 15 is 0 Å². The van der Waals surface area contributed by atoms with E-state index in [0.717, 1.165) is 105 Å². The minimum Gasteiger partial charge on any atom is -0.456 e. The maximum Gasteiger partial charge on any atom is 0.160 e. The SMILES string of the molecule is c1ccc(-c2ccc(-c3nc(-c4ccccc4)cc(-c4ccc(-c5cccc(-c6nc7ccccc7c7c(-c8ccccc8)c8c(cc67)oc6ccccc68)c5)cc4)n3)cc2)cc1. The summed E-state index contributed by atoms with van der Waals surface area (Å²) in [5, 5.41) is 5.56. The molecule has 3 heterocycles. The molecule has 63 heavy (non-hydrogen) atoms. The summed E-state index contributed by atoms with van der Waals surface area (Å²) in [6.45, 7) is 0. The molecule has 0 amide bonds. The molecule has 0 spiro atoms. The van der Waals surface area contributed by atoms with Crippen LogP contribution in [0, 0.1) is 0 Å². The second kappa shape index (κ2) is 15.2. The molecule has 0 aliphatic heterocycles. The molecule has 294 valence electrons. The van der Waals surface area contributed by atoms with Gasteiger partial charge in [-0.3, -0.25) is 0 Å². The second-order valence-corrected chi connectivity index (χ2v) is 15.9. The van der Waals surface area contributed by atoms with E-state index in [2.05, 4.69) is 194 Å². The molecular formula is C59H37N3O. The first-order chi connectivity index (χ1) is 31.2. The fourth-order valence-electron chi connectivity index (χ4n) is 9.03. The normalized spacial score (nSPS) is 11.5. The lowest BCUT2D eigenvalue weighted by atomic mass is 9.89. The van der Waals surface area contributed by atoms with Crippen molar-refractivity contribution in [2.75, 3.05) is 0 Å². The molecule has 0 fully saturated rings. The van der Waals surface area contributed by atoms with Gasteiger partial charge >= 0.3 is 0 Å². The van der Waals surface area contributed by atoms with Gasteiger partial charge in [-0.25, -0.2) is 15.0 Å². The van der Waals surface area contributed by atoms with Crippen LogP contribution in [0.3, 0.4) is 0 Å². The van der Waals surface area contributed by atoms with Gasteiger partial charge in [0, 0.05) is 54.7 Å². The molecule has 12 rings (SSSR count).